The van der Waals surface area contributed by atoms with Crippen molar-refractivity contribution >= 4 is 6.09 Å². The highest BCUT2D eigenvalue weighted by Gasteiger charge is 2.23. The maximum absolute atomic E-state index is 10.7. The average molecular weight is 198 g/mol. The minimum atomic E-state index is -0.405. The fraction of sp³-hybridized carbons (Fsp3) is 0.571. The summed E-state index contributed by atoms with van der Waals surface area (Å²) in [4.78, 5) is 10.7. The van der Waals surface area contributed by atoms with Crippen molar-refractivity contribution in [2.24, 2.45) is 0 Å². The van der Waals surface area contributed by atoms with Gasteiger partial charge in [-0.05, 0) is 0 Å². The van der Waals surface area contributed by atoms with E-state index in [9.17, 15) is 4.79 Å². The highest BCUT2D eigenvalue weighted by Crippen LogP contribution is 2.03. The van der Waals surface area contributed by atoms with Gasteiger partial charge in [0.05, 0.1) is 25.9 Å². The summed E-state index contributed by atoms with van der Waals surface area (Å²) in [6, 6.07) is 0. The summed E-state index contributed by atoms with van der Waals surface area (Å²) in [6.07, 6.45) is 1.000. The highest BCUT2D eigenvalue weighted by atomic mass is 16.6. The number of rotatable bonds is 3. The zero-order chi connectivity index (χ0) is 9.97. The molecule has 2 rings (SSSR count). The molecule has 1 aromatic rings. The van der Waals surface area contributed by atoms with E-state index in [-0.39, 0.29) is 12.7 Å². The quantitative estimate of drug-likeness (QED) is 0.642. The van der Waals surface area contributed by atoms with Crippen LogP contribution in [0.5, 0.6) is 0 Å². The topological polar surface area (TPSA) is 89.3 Å². The van der Waals surface area contributed by atoms with Crippen LogP contribution in [0.4, 0.5) is 4.79 Å². The number of aliphatic hydroxyl groups is 1. The summed E-state index contributed by atoms with van der Waals surface area (Å²) in [5.41, 5.74) is 0.502. The van der Waals surface area contributed by atoms with Gasteiger partial charge in [0, 0.05) is 0 Å². The van der Waals surface area contributed by atoms with Crippen LogP contribution in [0.25, 0.3) is 0 Å². The first-order valence-corrected chi connectivity index (χ1v) is 4.22. The van der Waals surface area contributed by atoms with Crippen LogP contribution in [-0.2, 0) is 17.9 Å². The van der Waals surface area contributed by atoms with Crippen LogP contribution >= 0.6 is 0 Å². The number of carbonyl (C=O) groups excluding carboxylic acids is 1. The first-order valence-electron chi connectivity index (χ1n) is 4.22. The number of aromatic nitrogens is 3. The Morgan fingerprint density at radius 1 is 1.79 bits per heavy atom. The molecule has 7 heteroatoms. The molecule has 2 heterocycles. The standard InChI is InChI=1S/C7H10N4O3/c12-4-5-2-11(10-9-5)3-6-1-8-7(13)14-6/h2,6,12H,1,3-4H2,(H,8,13). The molecular weight excluding hydrogens is 188 g/mol. The lowest BCUT2D eigenvalue weighted by molar-refractivity contribution is 0.128. The molecule has 14 heavy (non-hydrogen) atoms. The second kappa shape index (κ2) is 3.62. The van der Waals surface area contributed by atoms with E-state index in [1.807, 2.05) is 0 Å². The van der Waals surface area contributed by atoms with Crippen LogP contribution in [0, 0.1) is 0 Å². The lowest BCUT2D eigenvalue weighted by atomic mass is 10.3. The molecule has 1 fully saturated rings. The number of ether oxygens (including phenoxy) is 1. The molecule has 2 N–H and O–H groups in total. The monoisotopic (exact) mass is 198 g/mol. The highest BCUT2D eigenvalue weighted by molar-refractivity contribution is 5.69. The van der Waals surface area contributed by atoms with Crippen molar-refractivity contribution in [3.8, 4) is 0 Å². The Bertz CT molecular complexity index is 337. The zero-order valence-electron chi connectivity index (χ0n) is 7.38. The zero-order valence-corrected chi connectivity index (χ0v) is 7.38. The predicted molar refractivity (Wildman–Crippen MR) is 44.2 cm³/mol. The maximum Gasteiger partial charge on any atom is 0.407 e. The normalized spacial score (nSPS) is 20.6. The Hall–Kier alpha value is -1.63. The van der Waals surface area contributed by atoms with E-state index in [0.29, 0.717) is 18.8 Å². The fourth-order valence-electron chi connectivity index (χ4n) is 1.24. The molecule has 1 aliphatic heterocycles. The van der Waals surface area contributed by atoms with Crippen LogP contribution in [0.2, 0.25) is 0 Å². The van der Waals surface area contributed by atoms with E-state index >= 15 is 0 Å². The molecule has 0 bridgehead atoms. The van der Waals surface area contributed by atoms with Crippen LogP contribution in [-0.4, -0.2) is 38.8 Å². The molecule has 0 aromatic carbocycles. The van der Waals surface area contributed by atoms with Gasteiger partial charge in [0.1, 0.15) is 11.8 Å². The second-order valence-electron chi connectivity index (χ2n) is 3.00. The van der Waals surface area contributed by atoms with E-state index < -0.39 is 6.09 Å². The maximum atomic E-state index is 10.7. The van der Waals surface area contributed by atoms with Gasteiger partial charge in [0.2, 0.25) is 0 Å². The third kappa shape index (κ3) is 1.82. The van der Waals surface area contributed by atoms with Gasteiger partial charge in [-0.1, -0.05) is 5.21 Å². The minimum Gasteiger partial charge on any atom is -0.442 e. The minimum absolute atomic E-state index is 0.136. The molecule has 7 nitrogen and oxygen atoms in total. The van der Waals surface area contributed by atoms with Gasteiger partial charge in [0.25, 0.3) is 0 Å². The second-order valence-corrected chi connectivity index (χ2v) is 3.00. The third-order valence-electron chi connectivity index (χ3n) is 1.89. The van der Waals surface area contributed by atoms with Crippen molar-refractivity contribution in [2.45, 2.75) is 19.3 Å². The van der Waals surface area contributed by atoms with Gasteiger partial charge >= 0.3 is 6.09 Å². The van der Waals surface area contributed by atoms with Crippen LogP contribution in [0.15, 0.2) is 6.20 Å². The molecule has 0 aliphatic carbocycles. The van der Waals surface area contributed by atoms with E-state index in [1.165, 1.54) is 4.68 Å². The number of cyclic esters (lactones) is 1. The predicted octanol–water partition coefficient (Wildman–Crippen LogP) is -1.12. The molecule has 1 unspecified atom stereocenters. The van der Waals surface area contributed by atoms with Crippen molar-refractivity contribution in [1.82, 2.24) is 20.3 Å². The van der Waals surface area contributed by atoms with E-state index in [4.69, 9.17) is 9.84 Å². The lowest BCUT2D eigenvalue weighted by Gasteiger charge is -2.05. The van der Waals surface area contributed by atoms with E-state index in [2.05, 4.69) is 15.6 Å². The number of carbonyl (C=O) groups is 1. The Kier molecular flexibility index (Phi) is 2.32. The number of amides is 1. The Balaban J connectivity index is 1.93. The van der Waals surface area contributed by atoms with Crippen molar-refractivity contribution in [1.29, 1.82) is 0 Å². The third-order valence-corrected chi connectivity index (χ3v) is 1.89. The number of hydrogen-bond acceptors (Lipinski definition) is 5. The smallest absolute Gasteiger partial charge is 0.407 e. The molecule has 1 amide bonds. The van der Waals surface area contributed by atoms with Crippen molar-refractivity contribution in [3.05, 3.63) is 11.9 Å². The first kappa shape index (κ1) is 8.95. The number of nitrogens with one attached hydrogen (secondary N) is 1. The van der Waals surface area contributed by atoms with E-state index in [1.54, 1.807) is 6.20 Å². The van der Waals surface area contributed by atoms with Crippen molar-refractivity contribution in [3.63, 3.8) is 0 Å². The summed E-state index contributed by atoms with van der Waals surface area (Å²) in [6.45, 7) is 0.793. The Labute approximate surface area is 79.7 Å². The SMILES string of the molecule is O=C1NCC(Cn2cc(CO)nn2)O1. The summed E-state index contributed by atoms with van der Waals surface area (Å²) >= 11 is 0. The van der Waals surface area contributed by atoms with Gasteiger partial charge in [-0.3, -0.25) is 0 Å². The van der Waals surface area contributed by atoms with E-state index in [0.717, 1.165) is 0 Å². The molecule has 1 saturated heterocycles. The number of nitrogens with zero attached hydrogens (tertiary/aromatic N) is 3. The number of alkyl carbamates (subject to hydrolysis) is 1. The van der Waals surface area contributed by atoms with Crippen LogP contribution < -0.4 is 5.32 Å². The summed E-state index contributed by atoms with van der Waals surface area (Å²) in [5, 5.41) is 18.7. The van der Waals surface area contributed by atoms with Crippen molar-refractivity contribution in [2.75, 3.05) is 6.54 Å². The van der Waals surface area contributed by atoms with Crippen LogP contribution in [0.3, 0.4) is 0 Å². The molecule has 76 valence electrons. The molecule has 1 aliphatic rings. The number of hydrogen-bond donors (Lipinski definition) is 2. The molecular formula is C7H10N4O3. The number of aliphatic hydroxyl groups excluding tert-OH is 1. The fourth-order valence-corrected chi connectivity index (χ4v) is 1.24. The molecule has 0 radical (unpaired) electrons. The van der Waals surface area contributed by atoms with Gasteiger partial charge < -0.3 is 15.2 Å². The summed E-state index contributed by atoms with van der Waals surface area (Å²) in [7, 11) is 0. The van der Waals surface area contributed by atoms with Gasteiger partial charge in [-0.25, -0.2) is 9.48 Å². The lowest BCUT2D eigenvalue weighted by Crippen LogP contribution is -2.20. The largest absolute Gasteiger partial charge is 0.442 e. The average Bonchev–Trinajstić information content (AvgIpc) is 2.76. The first-order chi connectivity index (χ1) is 6.78. The Morgan fingerprint density at radius 3 is 3.21 bits per heavy atom. The molecule has 1 aromatic heterocycles. The van der Waals surface area contributed by atoms with Crippen molar-refractivity contribution < 1.29 is 14.6 Å². The summed E-state index contributed by atoms with van der Waals surface area (Å²) in [5.74, 6) is 0. The van der Waals surface area contributed by atoms with Gasteiger partial charge in [0.15, 0.2) is 0 Å². The van der Waals surface area contributed by atoms with Gasteiger partial charge in [-0.2, -0.15) is 0 Å². The molecule has 0 saturated carbocycles. The summed E-state index contributed by atoms with van der Waals surface area (Å²) < 4.78 is 6.45. The molecule has 1 atom stereocenters. The Morgan fingerprint density at radius 2 is 2.64 bits per heavy atom. The van der Waals surface area contributed by atoms with Crippen LogP contribution in [0.1, 0.15) is 5.69 Å². The molecule has 0 spiro atoms. The van der Waals surface area contributed by atoms with Gasteiger partial charge in [-0.15, -0.1) is 5.10 Å².